The van der Waals surface area contributed by atoms with Gasteiger partial charge in [-0.2, -0.15) is 16.7 Å². The first kappa shape index (κ1) is 14.8. The van der Waals surface area contributed by atoms with E-state index in [0.29, 0.717) is 22.6 Å². The van der Waals surface area contributed by atoms with Gasteiger partial charge in [0.05, 0.1) is 4.47 Å². The number of hydrogen-bond acceptors (Lipinski definition) is 8. The lowest BCUT2D eigenvalue weighted by Gasteiger charge is -2.35. The monoisotopic (exact) mass is 367 g/mol. The van der Waals surface area contributed by atoms with E-state index in [1.165, 1.54) is 6.26 Å². The Morgan fingerprint density at radius 2 is 2.37 bits per heavy atom. The number of halogens is 1. The van der Waals surface area contributed by atoms with E-state index in [1.807, 2.05) is 0 Å². The summed E-state index contributed by atoms with van der Waals surface area (Å²) in [7, 11) is -3.19. The van der Waals surface area contributed by atoms with Crippen molar-refractivity contribution in [2.75, 3.05) is 34.6 Å². The number of rotatable bonds is 3. The fourth-order valence-electron chi connectivity index (χ4n) is 1.81. The van der Waals surface area contributed by atoms with E-state index in [4.69, 9.17) is 5.84 Å². The van der Waals surface area contributed by atoms with Crippen molar-refractivity contribution in [2.24, 2.45) is 5.84 Å². The Morgan fingerprint density at radius 3 is 3.00 bits per heavy atom. The Labute approximate surface area is 124 Å². The number of anilines is 2. The number of hydrazine groups is 1. The lowest BCUT2D eigenvalue weighted by Crippen LogP contribution is -2.47. The molecule has 1 aliphatic rings. The van der Waals surface area contributed by atoms with Crippen molar-refractivity contribution in [1.29, 1.82) is 0 Å². The Kier molecular flexibility index (Phi) is 4.54. The van der Waals surface area contributed by atoms with Crippen LogP contribution in [0.25, 0.3) is 0 Å². The van der Waals surface area contributed by atoms with Crippen LogP contribution in [0.4, 0.5) is 11.8 Å². The minimum Gasteiger partial charge on any atom is -0.337 e. The molecule has 2 rings (SSSR count). The highest BCUT2D eigenvalue weighted by Crippen LogP contribution is 2.31. The average molecular weight is 368 g/mol. The summed E-state index contributed by atoms with van der Waals surface area (Å²) in [6.07, 6.45) is 2.80. The van der Waals surface area contributed by atoms with Gasteiger partial charge < -0.3 is 4.90 Å². The molecular weight excluding hydrogens is 354 g/mol. The second-order valence-electron chi connectivity index (χ2n) is 4.06. The average Bonchev–Trinajstić information content (AvgIpc) is 2.38. The van der Waals surface area contributed by atoms with Gasteiger partial charge >= 0.3 is 0 Å². The number of hydrogen-bond donors (Lipinski definition) is 2. The van der Waals surface area contributed by atoms with Crippen molar-refractivity contribution < 1.29 is 8.42 Å². The quantitative estimate of drug-likeness (QED) is 0.586. The molecule has 3 N–H and O–H groups in total. The molecule has 1 aromatic rings. The van der Waals surface area contributed by atoms with Crippen molar-refractivity contribution in [3.8, 4) is 0 Å². The van der Waals surface area contributed by atoms with E-state index in [1.54, 1.807) is 22.9 Å². The number of nitrogens with zero attached hydrogens (tertiary/aromatic N) is 3. The van der Waals surface area contributed by atoms with Gasteiger partial charge in [0.2, 0.25) is 5.95 Å². The molecule has 106 valence electrons. The summed E-state index contributed by atoms with van der Waals surface area (Å²) in [5, 5.41) is -0.580. The SMILES string of the molecule is CS(=O)(=O)C1CSCCN1c1nc(NN)ncc1Br. The molecular formula is C9H14BrN5O2S2. The highest BCUT2D eigenvalue weighted by molar-refractivity contribution is 9.10. The van der Waals surface area contributed by atoms with Crippen LogP contribution in [0.15, 0.2) is 10.7 Å². The van der Waals surface area contributed by atoms with Crippen LogP contribution in [-0.2, 0) is 9.84 Å². The Bertz CT molecular complexity index is 568. The fraction of sp³-hybridized carbons (Fsp3) is 0.556. The largest absolute Gasteiger partial charge is 0.337 e. The van der Waals surface area contributed by atoms with Crippen LogP contribution in [0, 0.1) is 0 Å². The topological polar surface area (TPSA) is 101 Å². The van der Waals surface area contributed by atoms with Crippen LogP contribution >= 0.6 is 27.7 Å². The summed E-state index contributed by atoms with van der Waals surface area (Å²) in [5.74, 6) is 7.46. The van der Waals surface area contributed by atoms with E-state index < -0.39 is 15.2 Å². The third-order valence-corrected chi connectivity index (χ3v) is 5.91. The van der Waals surface area contributed by atoms with E-state index in [9.17, 15) is 8.42 Å². The first-order chi connectivity index (χ1) is 8.93. The van der Waals surface area contributed by atoms with Gasteiger partial charge in [0, 0.05) is 30.5 Å². The highest BCUT2D eigenvalue weighted by atomic mass is 79.9. The lowest BCUT2D eigenvalue weighted by atomic mass is 10.4. The third-order valence-electron chi connectivity index (χ3n) is 2.71. The fourth-order valence-corrected chi connectivity index (χ4v) is 5.04. The zero-order valence-corrected chi connectivity index (χ0v) is 13.4. The minimum atomic E-state index is -3.19. The Hall–Kier alpha value is -0.580. The minimum absolute atomic E-state index is 0.253. The molecule has 1 aromatic heterocycles. The van der Waals surface area contributed by atoms with E-state index in [2.05, 4.69) is 31.3 Å². The molecule has 0 amide bonds. The summed E-state index contributed by atoms with van der Waals surface area (Å²) < 4.78 is 24.4. The maximum absolute atomic E-state index is 11.9. The number of aromatic nitrogens is 2. The lowest BCUT2D eigenvalue weighted by molar-refractivity contribution is 0.583. The van der Waals surface area contributed by atoms with Crippen LogP contribution in [-0.4, -0.2) is 48.1 Å². The molecule has 19 heavy (non-hydrogen) atoms. The van der Waals surface area contributed by atoms with Gasteiger partial charge in [-0.3, -0.25) is 5.43 Å². The van der Waals surface area contributed by atoms with Gasteiger partial charge in [0.1, 0.15) is 11.2 Å². The number of nitrogens with one attached hydrogen (secondary N) is 1. The van der Waals surface area contributed by atoms with Crippen LogP contribution in [0.2, 0.25) is 0 Å². The Balaban J connectivity index is 2.42. The Morgan fingerprint density at radius 1 is 1.63 bits per heavy atom. The molecule has 0 spiro atoms. The van der Waals surface area contributed by atoms with E-state index in [0.717, 1.165) is 5.75 Å². The van der Waals surface area contributed by atoms with Crippen LogP contribution in [0.5, 0.6) is 0 Å². The van der Waals surface area contributed by atoms with Crippen molar-refractivity contribution in [3.05, 3.63) is 10.7 Å². The van der Waals surface area contributed by atoms with Crippen LogP contribution < -0.4 is 16.2 Å². The predicted molar refractivity (Wildman–Crippen MR) is 80.8 cm³/mol. The summed E-state index contributed by atoms with van der Waals surface area (Å²) in [5.41, 5.74) is 2.36. The third kappa shape index (κ3) is 3.30. The van der Waals surface area contributed by atoms with Gasteiger partial charge in [-0.25, -0.2) is 19.2 Å². The predicted octanol–water partition coefficient (Wildman–Crippen LogP) is 0.449. The first-order valence-electron chi connectivity index (χ1n) is 5.46. The van der Waals surface area contributed by atoms with Crippen molar-refractivity contribution in [3.63, 3.8) is 0 Å². The molecule has 1 saturated heterocycles. The summed E-state index contributed by atoms with van der Waals surface area (Å²) in [6, 6.07) is 0. The molecule has 1 atom stereocenters. The van der Waals surface area contributed by atoms with Crippen molar-refractivity contribution in [2.45, 2.75) is 5.37 Å². The van der Waals surface area contributed by atoms with Gasteiger partial charge in [0.25, 0.3) is 0 Å². The maximum atomic E-state index is 11.9. The standard InChI is InChI=1S/C9H14BrN5O2S2/c1-19(16,17)7-5-18-3-2-15(7)8-6(10)4-12-9(13-8)14-11/h4,7H,2-3,5,11H2,1H3,(H,12,13,14). The van der Waals surface area contributed by atoms with Crippen molar-refractivity contribution in [1.82, 2.24) is 9.97 Å². The van der Waals surface area contributed by atoms with Crippen LogP contribution in [0.3, 0.4) is 0 Å². The van der Waals surface area contributed by atoms with Gasteiger partial charge in [-0.15, -0.1) is 0 Å². The summed E-state index contributed by atoms with van der Waals surface area (Å²) >= 11 is 4.98. The molecule has 0 bridgehead atoms. The molecule has 0 radical (unpaired) electrons. The van der Waals surface area contributed by atoms with Crippen molar-refractivity contribution >= 4 is 49.3 Å². The molecule has 0 aromatic carbocycles. The van der Waals surface area contributed by atoms with Gasteiger partial charge in [-0.1, -0.05) is 0 Å². The normalized spacial score (nSPS) is 20.4. The second-order valence-corrected chi connectivity index (χ2v) is 8.27. The first-order valence-corrected chi connectivity index (χ1v) is 9.36. The molecule has 0 saturated carbocycles. The number of nitrogens with two attached hydrogens (primary N) is 1. The van der Waals surface area contributed by atoms with Gasteiger partial charge in [-0.05, 0) is 15.9 Å². The summed E-state index contributed by atoms with van der Waals surface area (Å²) in [6.45, 7) is 0.613. The molecule has 10 heteroatoms. The molecule has 1 fully saturated rings. The maximum Gasteiger partial charge on any atom is 0.239 e. The second kappa shape index (κ2) is 5.81. The highest BCUT2D eigenvalue weighted by Gasteiger charge is 2.33. The number of sulfone groups is 1. The molecule has 0 aliphatic carbocycles. The van der Waals surface area contributed by atoms with E-state index >= 15 is 0 Å². The zero-order chi connectivity index (χ0) is 14.0. The van der Waals surface area contributed by atoms with Crippen LogP contribution in [0.1, 0.15) is 0 Å². The molecule has 2 heterocycles. The number of thioether (sulfide) groups is 1. The zero-order valence-electron chi connectivity index (χ0n) is 10.2. The smallest absolute Gasteiger partial charge is 0.239 e. The van der Waals surface area contributed by atoms with E-state index in [-0.39, 0.29) is 5.95 Å². The summed E-state index contributed by atoms with van der Waals surface area (Å²) in [4.78, 5) is 9.98. The number of nitrogen functional groups attached to an aromatic ring is 1. The molecule has 1 aliphatic heterocycles. The molecule has 7 nitrogen and oxygen atoms in total. The molecule has 1 unspecified atom stereocenters. The van der Waals surface area contributed by atoms with Gasteiger partial charge in [0.15, 0.2) is 9.84 Å².